The number of hydrogen-bond acceptors (Lipinski definition) is 3. The number of benzene rings is 2. The van der Waals surface area contributed by atoms with Gasteiger partial charge in [-0.3, -0.25) is 9.69 Å². The van der Waals surface area contributed by atoms with E-state index in [1.165, 1.54) is 5.56 Å². The summed E-state index contributed by atoms with van der Waals surface area (Å²) in [5.74, 6) is 0.225. The van der Waals surface area contributed by atoms with Gasteiger partial charge in [0, 0.05) is 20.1 Å². The van der Waals surface area contributed by atoms with Crippen LogP contribution in [0.25, 0.3) is 0 Å². The number of likely N-dealkylation sites (tertiary alicyclic amines) is 1. The predicted octanol–water partition coefficient (Wildman–Crippen LogP) is 2.69. The van der Waals surface area contributed by atoms with Crippen molar-refractivity contribution in [3.8, 4) is 0 Å². The first kappa shape index (κ1) is 20.9. The number of nitrogens with one attached hydrogen (secondary N) is 3. The van der Waals surface area contributed by atoms with Crippen molar-refractivity contribution in [2.75, 3.05) is 26.7 Å². The number of rotatable bonds is 7. The van der Waals surface area contributed by atoms with Gasteiger partial charge in [0.2, 0.25) is 5.91 Å². The maximum atomic E-state index is 12.4. The SMILES string of the molecule is CNC(=O)C(NC(=O)NCC1CCN(Cc2ccccc2)CC1)c1ccccc1. The van der Waals surface area contributed by atoms with Gasteiger partial charge in [-0.15, -0.1) is 0 Å². The van der Waals surface area contributed by atoms with E-state index in [-0.39, 0.29) is 11.9 Å². The van der Waals surface area contributed by atoms with Crippen LogP contribution in [0.4, 0.5) is 4.79 Å². The zero-order valence-corrected chi connectivity index (χ0v) is 16.9. The molecule has 0 aromatic heterocycles. The number of carbonyl (C=O) groups is 2. The fourth-order valence-electron chi connectivity index (χ4n) is 3.70. The van der Waals surface area contributed by atoms with Crippen molar-refractivity contribution in [2.24, 2.45) is 5.92 Å². The maximum Gasteiger partial charge on any atom is 0.315 e. The molecule has 2 aromatic carbocycles. The molecule has 1 atom stereocenters. The molecule has 154 valence electrons. The molecule has 3 N–H and O–H groups in total. The van der Waals surface area contributed by atoms with Crippen LogP contribution in [0, 0.1) is 5.92 Å². The largest absolute Gasteiger partial charge is 0.357 e. The first-order chi connectivity index (χ1) is 14.2. The highest BCUT2D eigenvalue weighted by atomic mass is 16.2. The van der Waals surface area contributed by atoms with Gasteiger partial charge in [-0.2, -0.15) is 0 Å². The van der Waals surface area contributed by atoms with Gasteiger partial charge in [0.15, 0.2) is 0 Å². The molecule has 0 saturated carbocycles. The van der Waals surface area contributed by atoms with E-state index in [0.717, 1.165) is 38.0 Å². The summed E-state index contributed by atoms with van der Waals surface area (Å²) in [7, 11) is 1.57. The van der Waals surface area contributed by atoms with Crippen LogP contribution in [0.2, 0.25) is 0 Å². The molecule has 6 nitrogen and oxygen atoms in total. The molecule has 0 bridgehead atoms. The number of piperidine rings is 1. The van der Waals surface area contributed by atoms with E-state index in [2.05, 4.69) is 45.1 Å². The summed E-state index contributed by atoms with van der Waals surface area (Å²) in [4.78, 5) is 27.0. The number of carbonyl (C=O) groups excluding carboxylic acids is 2. The zero-order chi connectivity index (χ0) is 20.5. The molecule has 6 heteroatoms. The van der Waals surface area contributed by atoms with Crippen LogP contribution < -0.4 is 16.0 Å². The smallest absolute Gasteiger partial charge is 0.315 e. The van der Waals surface area contributed by atoms with Crippen molar-refractivity contribution in [3.63, 3.8) is 0 Å². The normalized spacial score (nSPS) is 16.0. The zero-order valence-electron chi connectivity index (χ0n) is 16.9. The Morgan fingerprint density at radius 1 is 1.00 bits per heavy atom. The molecule has 29 heavy (non-hydrogen) atoms. The van der Waals surface area contributed by atoms with Crippen LogP contribution in [-0.2, 0) is 11.3 Å². The van der Waals surface area contributed by atoms with Crippen molar-refractivity contribution < 1.29 is 9.59 Å². The average Bonchev–Trinajstić information content (AvgIpc) is 2.78. The lowest BCUT2D eigenvalue weighted by Gasteiger charge is -2.32. The quantitative estimate of drug-likeness (QED) is 0.676. The third kappa shape index (κ3) is 6.32. The van der Waals surface area contributed by atoms with Crippen molar-refractivity contribution in [3.05, 3.63) is 71.8 Å². The second-order valence-corrected chi connectivity index (χ2v) is 7.52. The summed E-state index contributed by atoms with van der Waals surface area (Å²) in [6.45, 7) is 3.67. The molecular formula is C23H30N4O2. The Morgan fingerprint density at radius 3 is 2.24 bits per heavy atom. The molecule has 1 unspecified atom stereocenters. The van der Waals surface area contributed by atoms with E-state index in [1.54, 1.807) is 7.05 Å². The molecule has 1 fully saturated rings. The van der Waals surface area contributed by atoms with Crippen LogP contribution in [0.3, 0.4) is 0 Å². The minimum absolute atomic E-state index is 0.236. The van der Waals surface area contributed by atoms with Gasteiger partial charge in [0.05, 0.1) is 0 Å². The molecule has 0 radical (unpaired) electrons. The van der Waals surface area contributed by atoms with Crippen molar-refractivity contribution in [1.29, 1.82) is 0 Å². The molecule has 1 aliphatic rings. The third-order valence-corrected chi connectivity index (χ3v) is 5.42. The summed E-state index contributed by atoms with van der Waals surface area (Å²) in [5.41, 5.74) is 2.10. The predicted molar refractivity (Wildman–Crippen MR) is 114 cm³/mol. The molecule has 0 aliphatic carbocycles. The van der Waals surface area contributed by atoms with Gasteiger partial charge in [0.1, 0.15) is 6.04 Å². The molecule has 0 spiro atoms. The maximum absolute atomic E-state index is 12.4. The highest BCUT2D eigenvalue weighted by Crippen LogP contribution is 2.18. The molecular weight excluding hydrogens is 364 g/mol. The van der Waals surface area contributed by atoms with Gasteiger partial charge in [-0.05, 0) is 43.0 Å². The molecule has 3 amide bonds. The number of hydrogen-bond donors (Lipinski definition) is 3. The van der Waals surface area contributed by atoms with Crippen molar-refractivity contribution in [2.45, 2.75) is 25.4 Å². The van der Waals surface area contributed by atoms with E-state index in [0.29, 0.717) is 12.5 Å². The molecule has 1 aliphatic heterocycles. The Balaban J connectivity index is 1.43. The summed E-state index contributed by atoms with van der Waals surface area (Å²) in [6.07, 6.45) is 2.12. The fourth-order valence-corrected chi connectivity index (χ4v) is 3.70. The average molecular weight is 395 g/mol. The van der Waals surface area contributed by atoms with Crippen molar-refractivity contribution >= 4 is 11.9 Å². The van der Waals surface area contributed by atoms with Gasteiger partial charge in [-0.1, -0.05) is 60.7 Å². The third-order valence-electron chi connectivity index (χ3n) is 5.42. The Bertz CT molecular complexity index is 774. The minimum Gasteiger partial charge on any atom is -0.357 e. The van der Waals surface area contributed by atoms with Crippen LogP contribution in [0.5, 0.6) is 0 Å². The minimum atomic E-state index is -0.700. The highest BCUT2D eigenvalue weighted by Gasteiger charge is 2.23. The Kier molecular flexibility index (Phi) is 7.64. The van der Waals surface area contributed by atoms with E-state index in [9.17, 15) is 9.59 Å². The molecule has 3 rings (SSSR count). The summed E-state index contributed by atoms with van der Waals surface area (Å²) in [6, 6.07) is 18.8. The fraction of sp³-hybridized carbons (Fsp3) is 0.391. The lowest BCUT2D eigenvalue weighted by molar-refractivity contribution is -0.122. The molecule has 1 heterocycles. The van der Waals surface area contributed by atoms with Crippen LogP contribution >= 0.6 is 0 Å². The summed E-state index contributed by atoms with van der Waals surface area (Å²) >= 11 is 0. The van der Waals surface area contributed by atoms with Gasteiger partial charge in [-0.25, -0.2) is 4.79 Å². The Morgan fingerprint density at radius 2 is 1.62 bits per heavy atom. The lowest BCUT2D eigenvalue weighted by atomic mass is 9.96. The van der Waals surface area contributed by atoms with Crippen LogP contribution in [0.15, 0.2) is 60.7 Å². The highest BCUT2D eigenvalue weighted by molar-refractivity contribution is 5.87. The Labute approximate surface area is 172 Å². The van der Waals surface area contributed by atoms with Crippen molar-refractivity contribution in [1.82, 2.24) is 20.9 Å². The second kappa shape index (κ2) is 10.6. The van der Waals surface area contributed by atoms with E-state index < -0.39 is 6.04 Å². The number of urea groups is 1. The Hall–Kier alpha value is -2.86. The summed E-state index contributed by atoms with van der Waals surface area (Å²) in [5, 5.41) is 8.35. The van der Waals surface area contributed by atoms with Crippen LogP contribution in [0.1, 0.15) is 30.0 Å². The second-order valence-electron chi connectivity index (χ2n) is 7.52. The van der Waals surface area contributed by atoms with Gasteiger partial charge in [0.25, 0.3) is 0 Å². The number of nitrogens with zero attached hydrogens (tertiary/aromatic N) is 1. The summed E-state index contributed by atoms with van der Waals surface area (Å²) < 4.78 is 0. The first-order valence-electron chi connectivity index (χ1n) is 10.2. The number of amides is 3. The van der Waals surface area contributed by atoms with Gasteiger partial charge >= 0.3 is 6.03 Å². The topological polar surface area (TPSA) is 73.5 Å². The first-order valence-corrected chi connectivity index (χ1v) is 10.2. The monoisotopic (exact) mass is 394 g/mol. The number of likely N-dealkylation sites (N-methyl/N-ethyl adjacent to an activating group) is 1. The molecule has 2 aromatic rings. The van der Waals surface area contributed by atoms with Gasteiger partial charge < -0.3 is 16.0 Å². The lowest BCUT2D eigenvalue weighted by Crippen LogP contribution is -2.46. The van der Waals surface area contributed by atoms with E-state index >= 15 is 0 Å². The standard InChI is InChI=1S/C23H30N4O2/c1-24-22(28)21(20-10-6-3-7-11-20)26-23(29)25-16-18-12-14-27(15-13-18)17-19-8-4-2-5-9-19/h2-11,18,21H,12-17H2,1H3,(H,24,28)(H2,25,26,29). The van der Waals surface area contributed by atoms with E-state index in [4.69, 9.17) is 0 Å². The van der Waals surface area contributed by atoms with E-state index in [1.807, 2.05) is 36.4 Å². The molecule has 1 saturated heterocycles. The van der Waals surface area contributed by atoms with Crippen LogP contribution in [-0.4, -0.2) is 43.5 Å².